The first-order valence-electron chi connectivity index (χ1n) is 8.65. The van der Waals surface area contributed by atoms with Crippen molar-refractivity contribution in [2.75, 3.05) is 26.2 Å². The minimum absolute atomic E-state index is 0.0383. The number of aliphatic imine (C=N–C) groups is 1. The zero-order valence-electron chi connectivity index (χ0n) is 15.0. The van der Waals surface area contributed by atoms with Gasteiger partial charge in [0.1, 0.15) is 12.4 Å². The van der Waals surface area contributed by atoms with Gasteiger partial charge in [-0.3, -0.25) is 9.79 Å². The zero-order chi connectivity index (χ0) is 17.6. The summed E-state index contributed by atoms with van der Waals surface area (Å²) in [5, 5.41) is 9.29. The van der Waals surface area contributed by atoms with Crippen LogP contribution >= 0.6 is 0 Å². The highest BCUT2D eigenvalue weighted by Crippen LogP contribution is 2.07. The number of benzene rings is 1. The molecule has 0 spiro atoms. The average molecular weight is 334 g/mol. The lowest BCUT2D eigenvalue weighted by Gasteiger charge is -2.13. The van der Waals surface area contributed by atoms with Gasteiger partial charge in [0.05, 0.1) is 13.1 Å². The lowest BCUT2D eigenvalue weighted by molar-refractivity contribution is -0.121. The molecule has 1 aromatic rings. The van der Waals surface area contributed by atoms with Crippen molar-refractivity contribution in [1.29, 1.82) is 0 Å². The summed E-state index contributed by atoms with van der Waals surface area (Å²) in [4.78, 5) is 16.1. The highest BCUT2D eigenvalue weighted by molar-refractivity contribution is 5.80. The SMILES string of the molecule is CCNC(=NCCC(=O)NC(C)CC)NCCOc1ccccc1. The maximum absolute atomic E-state index is 11.7. The molecular weight excluding hydrogens is 304 g/mol. The summed E-state index contributed by atoms with van der Waals surface area (Å²) < 4.78 is 5.62. The molecule has 1 aromatic carbocycles. The number of nitrogens with zero attached hydrogens (tertiary/aromatic N) is 1. The minimum atomic E-state index is 0.0383. The van der Waals surface area contributed by atoms with Crippen molar-refractivity contribution in [1.82, 2.24) is 16.0 Å². The molecule has 1 atom stereocenters. The summed E-state index contributed by atoms with van der Waals surface area (Å²) in [5.74, 6) is 1.59. The van der Waals surface area contributed by atoms with Gasteiger partial charge in [0.15, 0.2) is 5.96 Å². The molecule has 1 amide bonds. The maximum atomic E-state index is 11.7. The van der Waals surface area contributed by atoms with E-state index in [1.54, 1.807) is 0 Å². The van der Waals surface area contributed by atoms with Crippen LogP contribution in [0.15, 0.2) is 35.3 Å². The highest BCUT2D eigenvalue weighted by atomic mass is 16.5. The van der Waals surface area contributed by atoms with Crippen molar-refractivity contribution in [3.05, 3.63) is 30.3 Å². The van der Waals surface area contributed by atoms with Gasteiger partial charge in [-0.2, -0.15) is 0 Å². The Morgan fingerprint density at radius 3 is 2.62 bits per heavy atom. The zero-order valence-corrected chi connectivity index (χ0v) is 15.0. The first-order valence-corrected chi connectivity index (χ1v) is 8.65. The summed E-state index contributed by atoms with van der Waals surface area (Å²) in [5.41, 5.74) is 0. The summed E-state index contributed by atoms with van der Waals surface area (Å²) >= 11 is 0. The molecule has 1 rings (SSSR count). The third-order valence-corrected chi connectivity index (χ3v) is 3.38. The maximum Gasteiger partial charge on any atom is 0.222 e. The Morgan fingerprint density at radius 2 is 1.96 bits per heavy atom. The summed E-state index contributed by atoms with van der Waals surface area (Å²) in [6.45, 7) is 8.46. The van der Waals surface area contributed by atoms with Crippen LogP contribution in [0.3, 0.4) is 0 Å². The van der Waals surface area contributed by atoms with Crippen molar-refractivity contribution in [3.63, 3.8) is 0 Å². The molecule has 0 saturated carbocycles. The minimum Gasteiger partial charge on any atom is -0.492 e. The Balaban J connectivity index is 2.27. The molecule has 6 nitrogen and oxygen atoms in total. The lowest BCUT2D eigenvalue weighted by Crippen LogP contribution is -2.39. The van der Waals surface area contributed by atoms with Gasteiger partial charge in [-0.1, -0.05) is 25.1 Å². The van der Waals surface area contributed by atoms with Gasteiger partial charge in [-0.25, -0.2) is 0 Å². The molecule has 0 aliphatic carbocycles. The van der Waals surface area contributed by atoms with Gasteiger partial charge in [0.2, 0.25) is 5.91 Å². The predicted octanol–water partition coefficient (Wildman–Crippen LogP) is 1.93. The third kappa shape index (κ3) is 9.02. The van der Waals surface area contributed by atoms with Crippen LogP contribution in [0.2, 0.25) is 0 Å². The predicted molar refractivity (Wildman–Crippen MR) is 98.4 cm³/mol. The van der Waals surface area contributed by atoms with Crippen LogP contribution < -0.4 is 20.7 Å². The van der Waals surface area contributed by atoms with E-state index in [9.17, 15) is 4.79 Å². The monoisotopic (exact) mass is 334 g/mol. The quantitative estimate of drug-likeness (QED) is 0.347. The van der Waals surface area contributed by atoms with Gasteiger partial charge in [0, 0.05) is 19.0 Å². The van der Waals surface area contributed by atoms with Gasteiger partial charge >= 0.3 is 0 Å². The number of hydrogen-bond acceptors (Lipinski definition) is 3. The Labute approximate surface area is 145 Å². The molecule has 3 N–H and O–H groups in total. The van der Waals surface area contributed by atoms with E-state index in [2.05, 4.69) is 20.9 Å². The molecule has 0 saturated heterocycles. The first-order chi connectivity index (χ1) is 11.7. The molecule has 1 unspecified atom stereocenters. The van der Waals surface area contributed by atoms with Crippen molar-refractivity contribution in [3.8, 4) is 5.75 Å². The van der Waals surface area contributed by atoms with Crippen LogP contribution in [0.4, 0.5) is 0 Å². The van der Waals surface area contributed by atoms with Crippen LogP contribution in [-0.4, -0.2) is 44.1 Å². The van der Waals surface area contributed by atoms with Crippen molar-refractivity contribution >= 4 is 11.9 Å². The summed E-state index contributed by atoms with van der Waals surface area (Å²) in [6, 6.07) is 9.91. The van der Waals surface area contributed by atoms with Gasteiger partial charge in [0.25, 0.3) is 0 Å². The number of guanidine groups is 1. The Kier molecular flexibility index (Phi) is 10.1. The fourth-order valence-electron chi connectivity index (χ4n) is 1.92. The third-order valence-electron chi connectivity index (χ3n) is 3.38. The number of nitrogens with one attached hydrogen (secondary N) is 3. The van der Waals surface area contributed by atoms with E-state index in [1.165, 1.54) is 0 Å². The normalized spacial score (nSPS) is 12.4. The van der Waals surface area contributed by atoms with E-state index in [1.807, 2.05) is 51.1 Å². The number of rotatable bonds is 10. The molecule has 0 aromatic heterocycles. The second-order valence-electron chi connectivity index (χ2n) is 5.48. The molecule has 134 valence electrons. The topological polar surface area (TPSA) is 74.8 Å². The molecule has 0 aliphatic rings. The number of carbonyl (C=O) groups excluding carboxylic acids is 1. The highest BCUT2D eigenvalue weighted by Gasteiger charge is 2.05. The number of para-hydroxylation sites is 1. The van der Waals surface area contributed by atoms with Gasteiger partial charge in [-0.05, 0) is 32.4 Å². The number of carbonyl (C=O) groups is 1. The van der Waals surface area contributed by atoms with Crippen molar-refractivity contribution < 1.29 is 9.53 Å². The molecule has 0 aliphatic heterocycles. The fraction of sp³-hybridized carbons (Fsp3) is 0.556. The molecule has 0 radical (unpaired) electrons. The van der Waals surface area contributed by atoms with Crippen LogP contribution in [0.5, 0.6) is 5.75 Å². The van der Waals surface area contributed by atoms with Gasteiger partial charge < -0.3 is 20.7 Å². The molecule has 0 fully saturated rings. The molecule has 0 bridgehead atoms. The molecule has 6 heteroatoms. The van der Waals surface area contributed by atoms with E-state index in [4.69, 9.17) is 4.74 Å². The van der Waals surface area contributed by atoms with E-state index < -0.39 is 0 Å². The Bertz CT molecular complexity index is 491. The number of hydrogen-bond donors (Lipinski definition) is 3. The molecule has 24 heavy (non-hydrogen) atoms. The van der Waals surface area contributed by atoms with Gasteiger partial charge in [-0.15, -0.1) is 0 Å². The van der Waals surface area contributed by atoms with E-state index >= 15 is 0 Å². The number of ether oxygens (including phenoxy) is 1. The Morgan fingerprint density at radius 1 is 1.21 bits per heavy atom. The second-order valence-corrected chi connectivity index (χ2v) is 5.48. The van der Waals surface area contributed by atoms with E-state index in [0.29, 0.717) is 32.1 Å². The van der Waals surface area contributed by atoms with Crippen LogP contribution in [-0.2, 0) is 4.79 Å². The van der Waals surface area contributed by atoms with Crippen molar-refractivity contribution in [2.45, 2.75) is 39.7 Å². The fourth-order valence-corrected chi connectivity index (χ4v) is 1.92. The summed E-state index contributed by atoms with van der Waals surface area (Å²) in [7, 11) is 0. The Hall–Kier alpha value is -2.24. The first kappa shape index (κ1) is 19.8. The second kappa shape index (κ2) is 12.2. The van der Waals surface area contributed by atoms with E-state index in [0.717, 1.165) is 18.7 Å². The van der Waals surface area contributed by atoms with Crippen LogP contribution in [0.25, 0.3) is 0 Å². The average Bonchev–Trinajstić information content (AvgIpc) is 2.59. The van der Waals surface area contributed by atoms with E-state index in [-0.39, 0.29) is 11.9 Å². The summed E-state index contributed by atoms with van der Waals surface area (Å²) in [6.07, 6.45) is 1.32. The largest absolute Gasteiger partial charge is 0.492 e. The standard InChI is InChI=1S/C18H30N4O2/c1-4-15(3)22-17(23)11-12-20-18(19-5-2)21-13-14-24-16-9-7-6-8-10-16/h6-10,15H,4-5,11-14H2,1-3H3,(H,22,23)(H2,19,20,21). The number of amides is 1. The molecule has 0 heterocycles. The van der Waals surface area contributed by atoms with Crippen LogP contribution in [0, 0.1) is 0 Å². The van der Waals surface area contributed by atoms with Crippen molar-refractivity contribution in [2.24, 2.45) is 4.99 Å². The molecular formula is C18H30N4O2. The van der Waals surface area contributed by atoms with Crippen LogP contribution in [0.1, 0.15) is 33.6 Å². The smallest absolute Gasteiger partial charge is 0.222 e. The lowest BCUT2D eigenvalue weighted by atomic mass is 10.2.